The van der Waals surface area contributed by atoms with Gasteiger partial charge in [-0.2, -0.15) is 0 Å². The van der Waals surface area contributed by atoms with Crippen LogP contribution in [0, 0.1) is 5.82 Å². The Hall–Kier alpha value is -2.93. The molecule has 0 aliphatic carbocycles. The highest BCUT2D eigenvalue weighted by atomic mass is 19.1. The number of anilines is 1. The van der Waals surface area contributed by atoms with Crippen molar-refractivity contribution in [3.8, 4) is 0 Å². The minimum Gasteiger partial charge on any atom is -0.393 e. The molecule has 1 atom stereocenters. The van der Waals surface area contributed by atoms with Crippen LogP contribution in [-0.4, -0.2) is 35.9 Å². The first-order chi connectivity index (χ1) is 14.1. The number of carbonyl (C=O) groups is 1. The van der Waals surface area contributed by atoms with Gasteiger partial charge in [0.25, 0.3) is 5.91 Å². The van der Waals surface area contributed by atoms with Crippen LogP contribution in [0.4, 0.5) is 10.1 Å². The molecule has 0 radical (unpaired) electrons. The molecule has 1 saturated heterocycles. The zero-order valence-corrected chi connectivity index (χ0v) is 16.1. The van der Waals surface area contributed by atoms with Crippen molar-refractivity contribution >= 4 is 17.3 Å². The number of aliphatic hydroxyl groups is 1. The van der Waals surface area contributed by atoms with Crippen LogP contribution in [0.25, 0.3) is 0 Å². The second-order valence-corrected chi connectivity index (χ2v) is 7.43. The summed E-state index contributed by atoms with van der Waals surface area (Å²) in [6, 6.07) is 14.6. The average molecular weight is 397 g/mol. The molecule has 2 aliphatic rings. The summed E-state index contributed by atoms with van der Waals surface area (Å²) in [5.41, 5.74) is 2.52. The molecule has 0 aromatic heterocycles. The van der Waals surface area contributed by atoms with Gasteiger partial charge >= 0.3 is 0 Å². The zero-order valence-electron chi connectivity index (χ0n) is 16.1. The molecule has 0 saturated carbocycles. The van der Waals surface area contributed by atoms with E-state index in [1.807, 2.05) is 41.3 Å². The minimum absolute atomic E-state index is 0.212. The van der Waals surface area contributed by atoms with Gasteiger partial charge in [-0.15, -0.1) is 0 Å². The summed E-state index contributed by atoms with van der Waals surface area (Å²) in [6.45, 7) is 1.48. The van der Waals surface area contributed by atoms with Gasteiger partial charge in [-0.1, -0.05) is 41.6 Å². The summed E-state index contributed by atoms with van der Waals surface area (Å²) in [5.74, 6) is -0.628. The Bertz CT molecular complexity index is 895. The van der Waals surface area contributed by atoms with Crippen LogP contribution < -0.4 is 10.2 Å². The number of piperidine rings is 1. The second kappa shape index (κ2) is 8.61. The van der Waals surface area contributed by atoms with Crippen molar-refractivity contribution < 1.29 is 19.1 Å². The highest BCUT2D eigenvalue weighted by molar-refractivity contribution is 6.39. The zero-order chi connectivity index (χ0) is 20.2. The third-order valence-electron chi connectivity index (χ3n) is 5.37. The number of nitrogens with one attached hydrogen (secondary N) is 1. The summed E-state index contributed by atoms with van der Waals surface area (Å²) in [7, 11) is 0. The second-order valence-electron chi connectivity index (χ2n) is 7.43. The number of halogens is 1. The lowest BCUT2D eigenvalue weighted by molar-refractivity contribution is -0.115. The first-order valence-corrected chi connectivity index (χ1v) is 9.87. The van der Waals surface area contributed by atoms with Crippen LogP contribution in [0.3, 0.4) is 0 Å². The van der Waals surface area contributed by atoms with Crippen LogP contribution in [-0.2, 0) is 16.2 Å². The lowest BCUT2D eigenvalue weighted by Crippen LogP contribution is -2.36. The smallest absolute Gasteiger partial charge is 0.269 e. The van der Waals surface area contributed by atoms with Crippen molar-refractivity contribution in [2.24, 2.45) is 5.16 Å². The molecule has 1 amide bonds. The number of carbonyl (C=O) groups excluding carboxylic acids is 1. The first kappa shape index (κ1) is 19.4. The Labute approximate surface area is 169 Å². The van der Waals surface area contributed by atoms with Gasteiger partial charge in [0.2, 0.25) is 0 Å². The Balaban J connectivity index is 1.31. The van der Waals surface area contributed by atoms with E-state index in [1.165, 1.54) is 6.07 Å². The van der Waals surface area contributed by atoms with Gasteiger partial charge in [0.1, 0.15) is 11.5 Å². The van der Waals surface area contributed by atoms with E-state index >= 15 is 0 Å². The lowest BCUT2D eigenvalue weighted by Gasteiger charge is -2.31. The predicted octanol–water partition coefficient (Wildman–Crippen LogP) is 2.92. The predicted molar refractivity (Wildman–Crippen MR) is 108 cm³/mol. The van der Waals surface area contributed by atoms with E-state index in [0.717, 1.165) is 5.56 Å². The summed E-state index contributed by atoms with van der Waals surface area (Å²) in [4.78, 5) is 19.7. The van der Waals surface area contributed by atoms with Crippen LogP contribution in [0.5, 0.6) is 0 Å². The summed E-state index contributed by atoms with van der Waals surface area (Å²) < 4.78 is 14.5. The molecule has 7 heteroatoms. The van der Waals surface area contributed by atoms with E-state index in [-0.39, 0.29) is 30.5 Å². The number of hydrogen-bond acceptors (Lipinski definition) is 5. The highest BCUT2D eigenvalue weighted by Gasteiger charge is 2.27. The Morgan fingerprint density at radius 2 is 1.97 bits per heavy atom. The molecule has 29 heavy (non-hydrogen) atoms. The minimum atomic E-state index is -0.321. The van der Waals surface area contributed by atoms with Gasteiger partial charge in [0.15, 0.2) is 6.10 Å². The first-order valence-electron chi connectivity index (χ1n) is 9.87. The number of amides is 1. The third kappa shape index (κ3) is 4.56. The monoisotopic (exact) mass is 397 g/mol. The standard InChI is InChI=1S/C22H24FN3O3/c23-18-12-15(6-7-20(18)26-10-8-17(27)9-11-26)14-24-22(28)19-13-21(29-25-19)16-4-2-1-3-5-16/h1-7,12,17,21,27H,8-11,13-14H2,(H,24,28). The van der Waals surface area contributed by atoms with Crippen LogP contribution in [0.1, 0.15) is 36.5 Å². The van der Waals surface area contributed by atoms with Crippen LogP contribution in [0.15, 0.2) is 53.7 Å². The molecule has 2 N–H and O–H groups in total. The fourth-order valence-corrected chi connectivity index (χ4v) is 3.67. The van der Waals surface area contributed by atoms with Crippen molar-refractivity contribution in [3.05, 3.63) is 65.5 Å². The molecule has 2 aromatic rings. The van der Waals surface area contributed by atoms with Crippen molar-refractivity contribution in [2.75, 3.05) is 18.0 Å². The summed E-state index contributed by atoms with van der Waals surface area (Å²) in [5, 5.41) is 16.3. The maximum atomic E-state index is 14.5. The Morgan fingerprint density at radius 1 is 1.21 bits per heavy atom. The molecule has 4 rings (SSSR count). The molecule has 1 unspecified atom stereocenters. The van der Waals surface area contributed by atoms with E-state index in [0.29, 0.717) is 49.3 Å². The van der Waals surface area contributed by atoms with Gasteiger partial charge in [-0.3, -0.25) is 4.79 Å². The van der Waals surface area contributed by atoms with Gasteiger partial charge in [-0.25, -0.2) is 4.39 Å². The molecular weight excluding hydrogens is 373 g/mol. The van der Waals surface area contributed by atoms with E-state index in [9.17, 15) is 14.3 Å². The highest BCUT2D eigenvalue weighted by Crippen LogP contribution is 2.27. The topological polar surface area (TPSA) is 74.2 Å². The molecule has 152 valence electrons. The number of nitrogens with zero attached hydrogens (tertiary/aromatic N) is 2. The molecule has 2 heterocycles. The fraction of sp³-hybridized carbons (Fsp3) is 0.364. The van der Waals surface area contributed by atoms with Crippen molar-refractivity contribution in [1.29, 1.82) is 0 Å². The Kier molecular flexibility index (Phi) is 5.76. The normalized spacial score (nSPS) is 19.6. The molecule has 6 nitrogen and oxygen atoms in total. The van der Waals surface area contributed by atoms with E-state index < -0.39 is 0 Å². The van der Waals surface area contributed by atoms with Gasteiger partial charge < -0.3 is 20.2 Å². The molecule has 1 fully saturated rings. The number of hydrogen-bond donors (Lipinski definition) is 2. The van der Waals surface area contributed by atoms with Crippen molar-refractivity contribution in [1.82, 2.24) is 5.32 Å². The number of benzene rings is 2. The van der Waals surface area contributed by atoms with Crippen molar-refractivity contribution in [3.63, 3.8) is 0 Å². The van der Waals surface area contributed by atoms with E-state index in [4.69, 9.17) is 4.84 Å². The SMILES string of the molecule is O=C(NCc1ccc(N2CCC(O)CC2)c(F)c1)C1=NOC(c2ccccc2)C1. The van der Waals surface area contributed by atoms with Gasteiger partial charge in [0.05, 0.1) is 11.8 Å². The average Bonchev–Trinajstić information content (AvgIpc) is 3.24. The molecule has 0 bridgehead atoms. The number of oxime groups is 1. The number of rotatable bonds is 5. The summed E-state index contributed by atoms with van der Waals surface area (Å²) >= 11 is 0. The van der Waals surface area contributed by atoms with Crippen molar-refractivity contribution in [2.45, 2.75) is 38.0 Å². The fourth-order valence-electron chi connectivity index (χ4n) is 3.67. The molecule has 2 aromatic carbocycles. The number of aliphatic hydroxyl groups excluding tert-OH is 1. The maximum absolute atomic E-state index is 14.5. The maximum Gasteiger partial charge on any atom is 0.269 e. The third-order valence-corrected chi connectivity index (χ3v) is 5.37. The van der Waals surface area contributed by atoms with E-state index in [2.05, 4.69) is 10.5 Å². The lowest BCUT2D eigenvalue weighted by atomic mass is 10.0. The van der Waals surface area contributed by atoms with Crippen LogP contribution >= 0.6 is 0 Å². The molecule has 0 spiro atoms. The van der Waals surface area contributed by atoms with E-state index in [1.54, 1.807) is 6.07 Å². The quantitative estimate of drug-likeness (QED) is 0.814. The molecular formula is C22H24FN3O3. The van der Waals surface area contributed by atoms with Gasteiger partial charge in [0, 0.05) is 26.1 Å². The Morgan fingerprint density at radius 3 is 2.69 bits per heavy atom. The largest absolute Gasteiger partial charge is 0.393 e. The summed E-state index contributed by atoms with van der Waals surface area (Å²) in [6.07, 6.45) is 1.14. The van der Waals surface area contributed by atoms with Crippen LogP contribution in [0.2, 0.25) is 0 Å². The van der Waals surface area contributed by atoms with Gasteiger partial charge in [-0.05, 0) is 36.1 Å². The molecule has 2 aliphatic heterocycles.